The average molecular weight is 171 g/mol. The molecule has 0 saturated heterocycles. The van der Waals surface area contributed by atoms with E-state index in [2.05, 4.69) is 38.3 Å². The summed E-state index contributed by atoms with van der Waals surface area (Å²) in [6.45, 7) is 11.3. The van der Waals surface area contributed by atoms with E-state index in [1.54, 1.807) is 0 Å². The summed E-state index contributed by atoms with van der Waals surface area (Å²) >= 11 is 0. The monoisotopic (exact) mass is 171 g/mol. The molecule has 0 bridgehead atoms. The SMILES string of the molecule is CCN(CC)[SiH2]CC=C(C)C. The molecule has 0 amide bonds. The van der Waals surface area contributed by atoms with Crippen molar-refractivity contribution in [1.29, 1.82) is 0 Å². The van der Waals surface area contributed by atoms with Gasteiger partial charge in [0.25, 0.3) is 0 Å². The first-order chi connectivity index (χ1) is 5.20. The topological polar surface area (TPSA) is 3.24 Å². The lowest BCUT2D eigenvalue weighted by Crippen LogP contribution is -2.26. The van der Waals surface area contributed by atoms with E-state index >= 15 is 0 Å². The van der Waals surface area contributed by atoms with Crippen molar-refractivity contribution in [1.82, 2.24) is 4.57 Å². The largest absolute Gasteiger partial charge is 0.329 e. The van der Waals surface area contributed by atoms with Crippen LogP contribution >= 0.6 is 0 Å². The molecule has 0 aromatic heterocycles. The van der Waals surface area contributed by atoms with Crippen LogP contribution in [0.1, 0.15) is 27.7 Å². The maximum atomic E-state index is 2.58. The van der Waals surface area contributed by atoms with Gasteiger partial charge in [0, 0.05) is 0 Å². The van der Waals surface area contributed by atoms with Crippen LogP contribution in [0.15, 0.2) is 11.6 Å². The van der Waals surface area contributed by atoms with Gasteiger partial charge in [0.2, 0.25) is 0 Å². The van der Waals surface area contributed by atoms with Crippen LogP contribution in [-0.4, -0.2) is 27.3 Å². The molecular formula is C9H21NSi. The number of rotatable bonds is 5. The van der Waals surface area contributed by atoms with Crippen molar-refractivity contribution in [2.24, 2.45) is 0 Å². The summed E-state index contributed by atoms with van der Waals surface area (Å²) in [5.74, 6) is 0. The van der Waals surface area contributed by atoms with Gasteiger partial charge in [0.1, 0.15) is 0 Å². The highest BCUT2D eigenvalue weighted by Crippen LogP contribution is 1.95. The van der Waals surface area contributed by atoms with E-state index < -0.39 is 0 Å². The lowest BCUT2D eigenvalue weighted by molar-refractivity contribution is 0.493. The van der Waals surface area contributed by atoms with Gasteiger partial charge < -0.3 is 4.57 Å². The zero-order valence-corrected chi connectivity index (χ0v) is 9.77. The molecule has 0 N–H and O–H groups in total. The predicted octanol–water partition coefficient (Wildman–Crippen LogP) is 1.80. The molecule has 1 nitrogen and oxygen atoms in total. The summed E-state index contributed by atoms with van der Waals surface area (Å²) in [5, 5.41) is 0. The molecule has 0 radical (unpaired) electrons. The third kappa shape index (κ3) is 6.32. The highest BCUT2D eigenvalue weighted by molar-refractivity contribution is 6.32. The fraction of sp³-hybridized carbons (Fsp3) is 0.778. The first kappa shape index (κ1) is 10.9. The predicted molar refractivity (Wildman–Crippen MR) is 55.7 cm³/mol. The second-order valence-corrected chi connectivity index (χ2v) is 5.02. The summed E-state index contributed by atoms with van der Waals surface area (Å²) in [6.07, 6.45) is 2.37. The van der Waals surface area contributed by atoms with Gasteiger partial charge in [-0.25, -0.2) is 0 Å². The van der Waals surface area contributed by atoms with Crippen LogP contribution in [0.25, 0.3) is 0 Å². The molecule has 2 heteroatoms. The van der Waals surface area contributed by atoms with Crippen molar-refractivity contribution < 1.29 is 0 Å². The fourth-order valence-corrected chi connectivity index (χ4v) is 2.78. The molecular weight excluding hydrogens is 150 g/mol. The summed E-state index contributed by atoms with van der Waals surface area (Å²) < 4.78 is 2.58. The lowest BCUT2D eigenvalue weighted by atomic mass is 10.3. The Kier molecular flexibility index (Phi) is 6.57. The summed E-state index contributed by atoms with van der Waals surface area (Å²) in [6, 6.07) is 1.34. The second-order valence-electron chi connectivity index (χ2n) is 3.10. The summed E-state index contributed by atoms with van der Waals surface area (Å²) in [4.78, 5) is 0. The quantitative estimate of drug-likeness (QED) is 0.450. The first-order valence-corrected chi connectivity index (χ1v) is 6.19. The van der Waals surface area contributed by atoms with Gasteiger partial charge >= 0.3 is 0 Å². The third-order valence-corrected chi connectivity index (χ3v) is 3.97. The van der Waals surface area contributed by atoms with E-state index in [-0.39, 0.29) is 9.68 Å². The van der Waals surface area contributed by atoms with Gasteiger partial charge in [-0.3, -0.25) is 0 Å². The minimum absolute atomic E-state index is 0.0394. The molecule has 66 valence electrons. The van der Waals surface area contributed by atoms with Crippen LogP contribution < -0.4 is 0 Å². The van der Waals surface area contributed by atoms with Crippen molar-refractivity contribution in [3.05, 3.63) is 11.6 Å². The number of hydrogen-bond acceptors (Lipinski definition) is 1. The van der Waals surface area contributed by atoms with E-state index in [4.69, 9.17) is 0 Å². The van der Waals surface area contributed by atoms with Crippen LogP contribution in [0.3, 0.4) is 0 Å². The molecule has 0 aromatic carbocycles. The highest BCUT2D eigenvalue weighted by Gasteiger charge is 1.95. The molecule has 0 aromatic rings. The maximum absolute atomic E-state index is 2.58. The van der Waals surface area contributed by atoms with Crippen molar-refractivity contribution in [2.75, 3.05) is 13.1 Å². The van der Waals surface area contributed by atoms with Crippen molar-refractivity contribution in [3.63, 3.8) is 0 Å². The van der Waals surface area contributed by atoms with Gasteiger partial charge in [-0.2, -0.15) is 0 Å². The average Bonchev–Trinajstić information content (AvgIpc) is 1.98. The first-order valence-electron chi connectivity index (χ1n) is 4.56. The zero-order chi connectivity index (χ0) is 8.69. The number of allylic oxidation sites excluding steroid dienone is 2. The van der Waals surface area contributed by atoms with E-state index in [0.717, 1.165) is 0 Å². The standard InChI is InChI=1S/C9H21NSi/c1-5-10(6-2)11-8-7-9(3)4/h7H,5-6,8,11H2,1-4H3. The Morgan fingerprint density at radius 2 is 1.82 bits per heavy atom. The molecule has 0 aliphatic heterocycles. The smallest absolute Gasteiger partial charge is 0.0987 e. The van der Waals surface area contributed by atoms with Gasteiger partial charge in [-0.15, -0.1) is 0 Å². The second kappa shape index (κ2) is 6.62. The Morgan fingerprint density at radius 1 is 1.27 bits per heavy atom. The van der Waals surface area contributed by atoms with Crippen LogP contribution in [-0.2, 0) is 0 Å². The molecule has 0 heterocycles. The minimum Gasteiger partial charge on any atom is -0.329 e. The van der Waals surface area contributed by atoms with Crippen LogP contribution in [0.2, 0.25) is 6.04 Å². The molecule has 11 heavy (non-hydrogen) atoms. The Labute approximate surface area is 73.4 Å². The van der Waals surface area contributed by atoms with Crippen molar-refractivity contribution in [3.8, 4) is 0 Å². The molecule has 0 fully saturated rings. The van der Waals surface area contributed by atoms with Gasteiger partial charge in [-0.1, -0.05) is 25.5 Å². The normalized spacial score (nSPS) is 11.4. The van der Waals surface area contributed by atoms with Crippen LogP contribution in [0, 0.1) is 0 Å². The lowest BCUT2D eigenvalue weighted by Gasteiger charge is -2.15. The fourth-order valence-electron chi connectivity index (χ4n) is 1.08. The molecule has 0 saturated carbocycles. The zero-order valence-electron chi connectivity index (χ0n) is 8.35. The van der Waals surface area contributed by atoms with E-state index in [1.165, 1.54) is 24.7 Å². The van der Waals surface area contributed by atoms with Crippen LogP contribution in [0.4, 0.5) is 0 Å². The summed E-state index contributed by atoms with van der Waals surface area (Å²) in [5.41, 5.74) is 1.46. The van der Waals surface area contributed by atoms with E-state index in [0.29, 0.717) is 0 Å². The van der Waals surface area contributed by atoms with Crippen LogP contribution in [0.5, 0.6) is 0 Å². The molecule has 0 aliphatic rings. The third-order valence-electron chi connectivity index (χ3n) is 1.89. The van der Waals surface area contributed by atoms with Gasteiger partial charge in [0.15, 0.2) is 0 Å². The van der Waals surface area contributed by atoms with E-state index in [1.807, 2.05) is 0 Å². The molecule has 0 atom stereocenters. The Morgan fingerprint density at radius 3 is 2.18 bits per heavy atom. The van der Waals surface area contributed by atoms with E-state index in [9.17, 15) is 0 Å². The Hall–Kier alpha value is -0.0831. The summed E-state index contributed by atoms with van der Waals surface area (Å²) in [7, 11) is 0.0394. The molecule has 0 unspecified atom stereocenters. The highest BCUT2D eigenvalue weighted by atomic mass is 28.2. The molecule has 0 rings (SSSR count). The Bertz CT molecular complexity index is 113. The maximum Gasteiger partial charge on any atom is 0.0987 e. The van der Waals surface area contributed by atoms with Gasteiger partial charge in [0.05, 0.1) is 9.68 Å². The number of hydrogen-bond donors (Lipinski definition) is 0. The molecule has 0 aliphatic carbocycles. The Balaban J connectivity index is 3.43. The van der Waals surface area contributed by atoms with Crippen molar-refractivity contribution >= 4 is 9.68 Å². The number of nitrogens with zero attached hydrogens (tertiary/aromatic N) is 1. The van der Waals surface area contributed by atoms with Gasteiger partial charge in [-0.05, 0) is 33.0 Å². The van der Waals surface area contributed by atoms with Crippen molar-refractivity contribution in [2.45, 2.75) is 33.7 Å². The minimum atomic E-state index is 0.0394. The molecule has 0 spiro atoms.